The molecule has 2 fully saturated rings. The second-order valence-electron chi connectivity index (χ2n) is 5.82. The summed E-state index contributed by atoms with van der Waals surface area (Å²) in [5.41, 5.74) is -0.136. The van der Waals surface area contributed by atoms with Crippen molar-refractivity contribution in [3.63, 3.8) is 0 Å². The van der Waals surface area contributed by atoms with Crippen molar-refractivity contribution in [2.75, 3.05) is 0 Å². The summed E-state index contributed by atoms with van der Waals surface area (Å²) in [4.78, 5) is 22.0. The molecule has 2 aliphatic carbocycles. The fraction of sp³-hybridized carbons (Fsp3) is 0.833. The van der Waals surface area contributed by atoms with Gasteiger partial charge in [0.15, 0.2) is 0 Å². The first kappa shape index (κ1) is 11.4. The lowest BCUT2D eigenvalue weighted by atomic mass is 9.71. The van der Waals surface area contributed by atoms with Crippen LogP contribution in [0.15, 0.2) is 0 Å². The van der Waals surface area contributed by atoms with Crippen LogP contribution in [-0.2, 0) is 9.59 Å². The first-order valence-electron chi connectivity index (χ1n) is 5.91. The average Bonchev–Trinajstić information content (AvgIpc) is 2.64. The number of fused-ring (bicyclic) bond motifs is 2. The molecule has 2 bridgehead atoms. The van der Waals surface area contributed by atoms with Crippen molar-refractivity contribution in [3.05, 3.63) is 0 Å². The molecule has 0 aromatic rings. The zero-order chi connectivity index (χ0) is 12.0. The predicted molar refractivity (Wildman–Crippen MR) is 60.7 cm³/mol. The fourth-order valence-electron chi connectivity index (χ4n) is 3.90. The third-order valence-electron chi connectivity index (χ3n) is 4.56. The maximum atomic E-state index is 11.3. The van der Waals surface area contributed by atoms with Crippen molar-refractivity contribution in [2.24, 2.45) is 11.3 Å². The van der Waals surface area contributed by atoms with Crippen molar-refractivity contribution < 1.29 is 9.59 Å². The Balaban J connectivity index is 2.29. The molecule has 3 atom stereocenters. The zero-order valence-electron chi connectivity index (χ0n) is 10.2. The van der Waals surface area contributed by atoms with Gasteiger partial charge in [-0.25, -0.2) is 0 Å². The Kier molecular flexibility index (Phi) is 2.48. The van der Waals surface area contributed by atoms with E-state index in [2.05, 4.69) is 24.5 Å². The number of hydrogen-bond acceptors (Lipinski definition) is 2. The summed E-state index contributed by atoms with van der Waals surface area (Å²) >= 11 is 0. The minimum atomic E-state index is -0.207. The first-order chi connectivity index (χ1) is 7.42. The molecular weight excluding hydrogens is 204 g/mol. The molecule has 0 heterocycles. The van der Waals surface area contributed by atoms with Gasteiger partial charge in [0.05, 0.1) is 11.6 Å². The third-order valence-corrected chi connectivity index (χ3v) is 4.56. The summed E-state index contributed by atoms with van der Waals surface area (Å²) in [6.45, 7) is 5.91. The van der Waals surface area contributed by atoms with Gasteiger partial charge in [-0.2, -0.15) is 0 Å². The van der Waals surface area contributed by atoms with E-state index in [1.54, 1.807) is 6.92 Å². The predicted octanol–water partition coefficient (Wildman–Crippen LogP) is 0.816. The van der Waals surface area contributed by atoms with Gasteiger partial charge < -0.3 is 10.6 Å². The highest BCUT2D eigenvalue weighted by molar-refractivity contribution is 5.74. The van der Waals surface area contributed by atoms with E-state index >= 15 is 0 Å². The van der Waals surface area contributed by atoms with Crippen LogP contribution in [0.5, 0.6) is 0 Å². The number of rotatable bonds is 3. The van der Waals surface area contributed by atoms with Gasteiger partial charge in [-0.05, 0) is 30.6 Å². The lowest BCUT2D eigenvalue weighted by Gasteiger charge is -2.44. The van der Waals surface area contributed by atoms with Crippen LogP contribution in [0.2, 0.25) is 0 Å². The van der Waals surface area contributed by atoms with Crippen molar-refractivity contribution in [1.82, 2.24) is 10.6 Å². The molecule has 0 aliphatic heterocycles. The molecule has 2 saturated carbocycles. The summed E-state index contributed by atoms with van der Waals surface area (Å²) in [5.74, 6) is 0.591. The maximum absolute atomic E-state index is 11.3. The van der Waals surface area contributed by atoms with E-state index in [-0.39, 0.29) is 22.9 Å². The Morgan fingerprint density at radius 1 is 1.44 bits per heavy atom. The lowest BCUT2D eigenvalue weighted by Crippen LogP contribution is -2.62. The van der Waals surface area contributed by atoms with Crippen LogP contribution >= 0.6 is 0 Å². The number of carbonyl (C=O) groups excluding carboxylic acids is 2. The topological polar surface area (TPSA) is 58.2 Å². The van der Waals surface area contributed by atoms with Crippen molar-refractivity contribution >= 4 is 12.3 Å². The molecule has 0 saturated heterocycles. The van der Waals surface area contributed by atoms with Gasteiger partial charge in [-0.3, -0.25) is 9.59 Å². The maximum Gasteiger partial charge on any atom is 0.217 e. The third kappa shape index (κ3) is 1.43. The Morgan fingerprint density at radius 3 is 2.69 bits per heavy atom. The molecule has 2 rings (SSSR count). The molecule has 0 radical (unpaired) electrons. The summed E-state index contributed by atoms with van der Waals surface area (Å²) in [6.07, 6.45) is 3.87. The molecular formula is C12H20N2O2. The second-order valence-corrected chi connectivity index (χ2v) is 5.82. The van der Waals surface area contributed by atoms with E-state index < -0.39 is 0 Å². The van der Waals surface area contributed by atoms with Crippen molar-refractivity contribution in [2.45, 2.75) is 51.6 Å². The molecule has 0 aromatic heterocycles. The van der Waals surface area contributed by atoms with E-state index in [4.69, 9.17) is 0 Å². The average molecular weight is 224 g/mol. The van der Waals surface area contributed by atoms with E-state index in [0.29, 0.717) is 5.92 Å². The van der Waals surface area contributed by atoms with Crippen LogP contribution in [0.25, 0.3) is 0 Å². The zero-order valence-corrected chi connectivity index (χ0v) is 10.2. The van der Waals surface area contributed by atoms with Crippen LogP contribution in [0.3, 0.4) is 0 Å². The van der Waals surface area contributed by atoms with Crippen LogP contribution in [0, 0.1) is 11.3 Å². The smallest absolute Gasteiger partial charge is 0.217 e. The summed E-state index contributed by atoms with van der Waals surface area (Å²) < 4.78 is 0. The molecule has 2 aliphatic rings. The van der Waals surface area contributed by atoms with Gasteiger partial charge in [-0.1, -0.05) is 13.8 Å². The minimum Gasteiger partial charge on any atom is -0.353 e. The minimum absolute atomic E-state index is 0.00366. The molecule has 4 nitrogen and oxygen atoms in total. The molecule has 16 heavy (non-hydrogen) atoms. The van der Waals surface area contributed by atoms with Gasteiger partial charge in [0, 0.05) is 6.92 Å². The molecule has 2 N–H and O–H groups in total. The number of carbonyl (C=O) groups is 2. The van der Waals surface area contributed by atoms with Crippen LogP contribution in [0.4, 0.5) is 0 Å². The normalized spacial score (nSPS) is 39.4. The SMILES string of the molecule is CC(=O)N[C@@]12CC[C@@H](C1)C(C)(C)[C@@H]2NC=O. The Labute approximate surface area is 96.2 Å². The standard InChI is InChI=1S/C12H20N2O2/c1-8(16)14-12-5-4-9(6-12)11(2,3)10(12)13-7-15/h7,9-10H,4-6H2,1-3H3,(H,13,15)(H,14,16)/t9-,10-,12-/m0/s1. The molecule has 0 spiro atoms. The molecule has 4 heteroatoms. The van der Waals surface area contributed by atoms with E-state index in [9.17, 15) is 9.59 Å². The lowest BCUT2D eigenvalue weighted by molar-refractivity contribution is -0.122. The van der Waals surface area contributed by atoms with Gasteiger partial charge in [0.1, 0.15) is 0 Å². The summed E-state index contributed by atoms with van der Waals surface area (Å²) in [6, 6.07) is 0.0557. The van der Waals surface area contributed by atoms with Gasteiger partial charge >= 0.3 is 0 Å². The van der Waals surface area contributed by atoms with Gasteiger partial charge in [-0.15, -0.1) is 0 Å². The fourth-order valence-corrected chi connectivity index (χ4v) is 3.90. The largest absolute Gasteiger partial charge is 0.353 e. The number of nitrogens with one attached hydrogen (secondary N) is 2. The highest BCUT2D eigenvalue weighted by Gasteiger charge is 2.62. The number of amides is 2. The van der Waals surface area contributed by atoms with Crippen molar-refractivity contribution in [1.29, 1.82) is 0 Å². The Bertz CT molecular complexity index is 327. The molecule has 2 amide bonds. The van der Waals surface area contributed by atoms with Crippen LogP contribution in [0.1, 0.15) is 40.0 Å². The molecule has 0 aromatic carbocycles. The summed E-state index contributed by atoms with van der Waals surface area (Å²) in [7, 11) is 0. The van der Waals surface area contributed by atoms with Gasteiger partial charge in [0.2, 0.25) is 12.3 Å². The van der Waals surface area contributed by atoms with E-state index in [0.717, 1.165) is 25.7 Å². The monoisotopic (exact) mass is 224 g/mol. The summed E-state index contributed by atoms with van der Waals surface area (Å²) in [5, 5.41) is 5.99. The van der Waals surface area contributed by atoms with Crippen LogP contribution < -0.4 is 10.6 Å². The first-order valence-corrected chi connectivity index (χ1v) is 5.91. The van der Waals surface area contributed by atoms with Gasteiger partial charge in [0.25, 0.3) is 0 Å². The second kappa shape index (κ2) is 3.47. The van der Waals surface area contributed by atoms with Crippen LogP contribution in [-0.4, -0.2) is 23.9 Å². The quantitative estimate of drug-likeness (QED) is 0.697. The highest BCUT2D eigenvalue weighted by Crippen LogP contribution is 2.57. The van der Waals surface area contributed by atoms with E-state index in [1.807, 2.05) is 0 Å². The molecule has 90 valence electrons. The highest BCUT2D eigenvalue weighted by atomic mass is 16.1. The number of hydrogen-bond donors (Lipinski definition) is 2. The van der Waals surface area contributed by atoms with E-state index in [1.165, 1.54) is 0 Å². The Morgan fingerprint density at radius 2 is 2.12 bits per heavy atom. The van der Waals surface area contributed by atoms with Crippen molar-refractivity contribution in [3.8, 4) is 0 Å². The molecule has 0 unspecified atom stereocenters. The Hall–Kier alpha value is -1.06.